The van der Waals surface area contributed by atoms with Crippen LogP contribution in [-0.2, 0) is 13.6 Å². The summed E-state index contributed by atoms with van der Waals surface area (Å²) in [5.74, 6) is 1.01. The number of nitrogens with zero attached hydrogens (tertiary/aromatic N) is 3. The minimum Gasteiger partial charge on any atom is -0.341 e. The molecule has 0 bridgehead atoms. The number of H-pyrrole nitrogens is 1. The lowest BCUT2D eigenvalue weighted by Gasteiger charge is -2.09. The van der Waals surface area contributed by atoms with Gasteiger partial charge in [0.25, 0.3) is 0 Å². The van der Waals surface area contributed by atoms with Gasteiger partial charge in [0.15, 0.2) is 0 Å². The van der Waals surface area contributed by atoms with E-state index in [1.54, 1.807) is 0 Å². The Kier molecular flexibility index (Phi) is 3.61. The molecule has 2 aromatic heterocycles. The molecule has 0 unspecified atom stereocenters. The third-order valence-electron chi connectivity index (χ3n) is 4.32. The molecule has 5 heteroatoms. The van der Waals surface area contributed by atoms with Gasteiger partial charge in [-0.15, -0.1) is 0 Å². The summed E-state index contributed by atoms with van der Waals surface area (Å²) in [6.07, 6.45) is 7.23. The smallest absolute Gasteiger partial charge is 0.120 e. The molecule has 1 aliphatic carbocycles. The monoisotopic (exact) mass is 273 g/mol. The Bertz CT molecular complexity index is 589. The molecule has 20 heavy (non-hydrogen) atoms. The van der Waals surface area contributed by atoms with Gasteiger partial charge in [0.1, 0.15) is 5.82 Å². The summed E-state index contributed by atoms with van der Waals surface area (Å²) in [5.41, 5.74) is 4.45. The van der Waals surface area contributed by atoms with Crippen LogP contribution in [0.2, 0.25) is 0 Å². The zero-order valence-electron chi connectivity index (χ0n) is 12.5. The zero-order chi connectivity index (χ0) is 14.1. The maximum atomic E-state index is 4.49. The van der Waals surface area contributed by atoms with E-state index < -0.39 is 0 Å². The molecule has 3 rings (SSSR count). The fourth-order valence-corrected chi connectivity index (χ4v) is 3.11. The van der Waals surface area contributed by atoms with E-state index in [1.807, 2.05) is 24.9 Å². The Labute approximate surface area is 119 Å². The molecule has 0 atom stereocenters. The Morgan fingerprint density at radius 2 is 2.10 bits per heavy atom. The first kappa shape index (κ1) is 13.4. The molecule has 5 nitrogen and oxygen atoms in total. The Balaban J connectivity index is 1.72. The zero-order valence-corrected chi connectivity index (χ0v) is 12.5. The Hall–Kier alpha value is -1.62. The van der Waals surface area contributed by atoms with Gasteiger partial charge in [0.2, 0.25) is 0 Å². The van der Waals surface area contributed by atoms with E-state index in [1.165, 1.54) is 36.9 Å². The van der Waals surface area contributed by atoms with Crippen LogP contribution in [0.3, 0.4) is 0 Å². The molecular weight excluding hydrogens is 250 g/mol. The molecule has 2 aromatic rings. The first-order valence-corrected chi connectivity index (χ1v) is 7.43. The van der Waals surface area contributed by atoms with E-state index in [4.69, 9.17) is 0 Å². The number of aryl methyl sites for hydroxylation is 2. The summed E-state index contributed by atoms with van der Waals surface area (Å²) >= 11 is 0. The molecule has 2 N–H and O–H groups in total. The van der Waals surface area contributed by atoms with Crippen molar-refractivity contribution < 1.29 is 0 Å². The van der Waals surface area contributed by atoms with Crippen molar-refractivity contribution in [1.29, 1.82) is 0 Å². The van der Waals surface area contributed by atoms with E-state index in [2.05, 4.69) is 27.3 Å². The van der Waals surface area contributed by atoms with Crippen LogP contribution in [0, 0.1) is 13.8 Å². The quantitative estimate of drug-likeness (QED) is 0.899. The van der Waals surface area contributed by atoms with Crippen LogP contribution in [0.15, 0.2) is 6.20 Å². The van der Waals surface area contributed by atoms with Crippen molar-refractivity contribution in [1.82, 2.24) is 25.1 Å². The molecular formula is C15H23N5. The van der Waals surface area contributed by atoms with Crippen molar-refractivity contribution in [3.8, 4) is 11.3 Å². The van der Waals surface area contributed by atoms with E-state index in [0.29, 0.717) is 6.04 Å². The minimum absolute atomic E-state index is 0.672. The van der Waals surface area contributed by atoms with Crippen LogP contribution in [-0.4, -0.2) is 25.8 Å². The predicted octanol–water partition coefficient (Wildman–Crippen LogP) is 2.46. The van der Waals surface area contributed by atoms with Gasteiger partial charge in [-0.3, -0.25) is 4.68 Å². The molecule has 2 heterocycles. The van der Waals surface area contributed by atoms with Gasteiger partial charge in [0, 0.05) is 24.3 Å². The predicted molar refractivity (Wildman–Crippen MR) is 79.4 cm³/mol. The maximum Gasteiger partial charge on any atom is 0.120 e. The molecule has 0 aromatic carbocycles. The van der Waals surface area contributed by atoms with Crippen LogP contribution in [0.4, 0.5) is 0 Å². The van der Waals surface area contributed by atoms with Gasteiger partial charge >= 0.3 is 0 Å². The SMILES string of the molecule is Cc1nn(C)c(C)c1-c1cnc(CNC2CCCC2)[nH]1. The second-order valence-corrected chi connectivity index (χ2v) is 5.78. The van der Waals surface area contributed by atoms with Crippen molar-refractivity contribution >= 4 is 0 Å². The molecule has 108 valence electrons. The second-order valence-electron chi connectivity index (χ2n) is 5.78. The van der Waals surface area contributed by atoms with E-state index in [0.717, 1.165) is 23.8 Å². The Morgan fingerprint density at radius 1 is 1.35 bits per heavy atom. The number of aromatic nitrogens is 4. The van der Waals surface area contributed by atoms with Gasteiger partial charge < -0.3 is 10.3 Å². The topological polar surface area (TPSA) is 58.5 Å². The molecule has 1 saturated carbocycles. The number of rotatable bonds is 4. The average Bonchev–Trinajstić information content (AvgIpc) is 3.11. The van der Waals surface area contributed by atoms with Crippen molar-refractivity contribution in [2.45, 2.75) is 52.1 Å². The van der Waals surface area contributed by atoms with Gasteiger partial charge in [-0.05, 0) is 26.7 Å². The molecule has 1 fully saturated rings. The van der Waals surface area contributed by atoms with Gasteiger partial charge in [-0.2, -0.15) is 5.10 Å². The normalized spacial score (nSPS) is 16.1. The third-order valence-corrected chi connectivity index (χ3v) is 4.32. The van der Waals surface area contributed by atoms with Crippen molar-refractivity contribution in [2.24, 2.45) is 7.05 Å². The minimum atomic E-state index is 0.672. The van der Waals surface area contributed by atoms with E-state index in [9.17, 15) is 0 Å². The number of aromatic amines is 1. The van der Waals surface area contributed by atoms with Crippen LogP contribution >= 0.6 is 0 Å². The summed E-state index contributed by atoms with van der Waals surface area (Å²) in [4.78, 5) is 7.91. The lowest BCUT2D eigenvalue weighted by Crippen LogP contribution is -2.25. The lowest BCUT2D eigenvalue weighted by atomic mass is 10.1. The van der Waals surface area contributed by atoms with Crippen molar-refractivity contribution in [3.63, 3.8) is 0 Å². The molecule has 0 amide bonds. The van der Waals surface area contributed by atoms with Crippen LogP contribution < -0.4 is 5.32 Å². The number of imidazole rings is 1. The number of hydrogen-bond donors (Lipinski definition) is 2. The number of hydrogen-bond acceptors (Lipinski definition) is 3. The highest BCUT2D eigenvalue weighted by atomic mass is 15.3. The number of nitrogens with one attached hydrogen (secondary N) is 2. The second kappa shape index (κ2) is 5.40. The first-order valence-electron chi connectivity index (χ1n) is 7.43. The van der Waals surface area contributed by atoms with Crippen LogP contribution in [0.25, 0.3) is 11.3 Å². The summed E-state index contributed by atoms with van der Waals surface area (Å²) in [6.45, 7) is 4.95. The highest BCUT2D eigenvalue weighted by molar-refractivity contribution is 5.64. The standard InChI is InChI=1S/C15H23N5/c1-10-15(11(2)20(3)19-10)13-8-17-14(18-13)9-16-12-6-4-5-7-12/h8,12,16H,4-7,9H2,1-3H3,(H,17,18). The lowest BCUT2D eigenvalue weighted by molar-refractivity contribution is 0.515. The van der Waals surface area contributed by atoms with Crippen LogP contribution in [0.5, 0.6) is 0 Å². The fraction of sp³-hybridized carbons (Fsp3) is 0.600. The highest BCUT2D eigenvalue weighted by Gasteiger charge is 2.16. The molecule has 0 aliphatic heterocycles. The summed E-state index contributed by atoms with van der Waals surface area (Å²) in [6, 6.07) is 0.672. The van der Waals surface area contributed by atoms with Gasteiger partial charge in [-0.1, -0.05) is 12.8 Å². The molecule has 0 radical (unpaired) electrons. The average molecular weight is 273 g/mol. The van der Waals surface area contributed by atoms with E-state index >= 15 is 0 Å². The maximum absolute atomic E-state index is 4.49. The molecule has 0 saturated heterocycles. The van der Waals surface area contributed by atoms with Gasteiger partial charge in [0.05, 0.1) is 24.1 Å². The van der Waals surface area contributed by atoms with E-state index in [-0.39, 0.29) is 0 Å². The van der Waals surface area contributed by atoms with Crippen molar-refractivity contribution in [2.75, 3.05) is 0 Å². The largest absolute Gasteiger partial charge is 0.341 e. The third kappa shape index (κ3) is 2.50. The molecule has 1 aliphatic rings. The summed E-state index contributed by atoms with van der Waals surface area (Å²) in [7, 11) is 1.98. The Morgan fingerprint density at radius 3 is 2.75 bits per heavy atom. The van der Waals surface area contributed by atoms with Gasteiger partial charge in [-0.25, -0.2) is 4.98 Å². The summed E-state index contributed by atoms with van der Waals surface area (Å²) in [5, 5.41) is 8.04. The van der Waals surface area contributed by atoms with Crippen molar-refractivity contribution in [3.05, 3.63) is 23.4 Å². The fourth-order valence-electron chi connectivity index (χ4n) is 3.11. The summed E-state index contributed by atoms with van der Waals surface area (Å²) < 4.78 is 1.92. The van der Waals surface area contributed by atoms with Crippen LogP contribution in [0.1, 0.15) is 42.9 Å². The first-order chi connectivity index (χ1) is 9.65. The molecule has 0 spiro atoms. The highest BCUT2D eigenvalue weighted by Crippen LogP contribution is 2.25.